The van der Waals surface area contributed by atoms with Crippen LogP contribution in [0.3, 0.4) is 0 Å². The molecule has 1 aromatic carbocycles. The summed E-state index contributed by atoms with van der Waals surface area (Å²) in [5.74, 6) is 0.717. The van der Waals surface area contributed by atoms with Crippen LogP contribution in [0.1, 0.15) is 50.5 Å². The molecule has 1 aliphatic rings. The summed E-state index contributed by atoms with van der Waals surface area (Å²) in [5.41, 5.74) is 2.14. The van der Waals surface area contributed by atoms with E-state index in [9.17, 15) is 4.79 Å². The molecule has 2 aromatic rings. The molecule has 0 bridgehead atoms. The normalized spacial score (nSPS) is 16.2. The summed E-state index contributed by atoms with van der Waals surface area (Å²) in [6, 6.07) is 8.36. The maximum Gasteiger partial charge on any atom is 0.240 e. The number of hydrogen-bond donors (Lipinski definition) is 2. The van der Waals surface area contributed by atoms with Crippen molar-refractivity contribution in [3.63, 3.8) is 0 Å². The van der Waals surface area contributed by atoms with Crippen LogP contribution in [0.2, 0.25) is 0 Å². The fraction of sp³-hybridized carbons (Fsp3) is 0.526. The van der Waals surface area contributed by atoms with Crippen LogP contribution < -0.4 is 5.32 Å². The van der Waals surface area contributed by atoms with Crippen LogP contribution in [0.4, 0.5) is 0 Å². The third-order valence-corrected chi connectivity index (χ3v) is 5.15. The zero-order valence-corrected chi connectivity index (χ0v) is 15.6. The molecular formula is C19H26N4OS. The number of aromatic nitrogens is 3. The van der Waals surface area contributed by atoms with Gasteiger partial charge in [0.15, 0.2) is 10.6 Å². The number of hydrogen-bond acceptors (Lipinski definition) is 3. The Bertz CT molecular complexity index is 754. The quantitative estimate of drug-likeness (QED) is 0.807. The Hall–Kier alpha value is -1.95. The number of aryl methyl sites for hydroxylation is 1. The lowest BCUT2D eigenvalue weighted by atomic mass is 9.97. The molecule has 1 aliphatic carbocycles. The van der Waals surface area contributed by atoms with Crippen LogP contribution in [-0.4, -0.2) is 26.7 Å². The Balaban J connectivity index is 1.69. The average molecular weight is 359 g/mol. The Morgan fingerprint density at radius 3 is 2.52 bits per heavy atom. The molecule has 1 fully saturated rings. The Morgan fingerprint density at radius 1 is 1.20 bits per heavy atom. The average Bonchev–Trinajstić information content (AvgIpc) is 2.92. The van der Waals surface area contributed by atoms with Crippen molar-refractivity contribution in [1.29, 1.82) is 0 Å². The first-order chi connectivity index (χ1) is 12.1. The highest BCUT2D eigenvalue weighted by molar-refractivity contribution is 7.71. The topological polar surface area (TPSA) is 62.7 Å². The summed E-state index contributed by atoms with van der Waals surface area (Å²) in [7, 11) is 0. The van der Waals surface area contributed by atoms with Crippen LogP contribution in [0.25, 0.3) is 11.4 Å². The van der Waals surface area contributed by atoms with Crippen LogP contribution in [0.15, 0.2) is 24.3 Å². The van der Waals surface area contributed by atoms with E-state index in [1.165, 1.54) is 37.7 Å². The molecule has 1 aromatic heterocycles. The van der Waals surface area contributed by atoms with E-state index in [1.807, 2.05) is 31.2 Å². The molecular weight excluding hydrogens is 332 g/mol. The van der Waals surface area contributed by atoms with Crippen molar-refractivity contribution < 1.29 is 4.79 Å². The maximum atomic E-state index is 12.5. The number of carbonyl (C=O) groups excluding carboxylic acids is 1. The van der Waals surface area contributed by atoms with Gasteiger partial charge in [0.2, 0.25) is 5.91 Å². The van der Waals surface area contributed by atoms with E-state index in [0.717, 1.165) is 18.4 Å². The number of nitrogens with zero attached hydrogens (tertiary/aromatic N) is 2. The third kappa shape index (κ3) is 4.78. The van der Waals surface area contributed by atoms with Gasteiger partial charge in [0, 0.05) is 11.6 Å². The minimum Gasteiger partial charge on any atom is -0.352 e. The number of benzene rings is 1. The number of nitrogens with one attached hydrogen (secondary N) is 2. The first-order valence-corrected chi connectivity index (χ1v) is 9.56. The largest absolute Gasteiger partial charge is 0.352 e. The smallest absolute Gasteiger partial charge is 0.240 e. The lowest BCUT2D eigenvalue weighted by Gasteiger charge is -2.21. The van der Waals surface area contributed by atoms with Crippen molar-refractivity contribution in [1.82, 2.24) is 20.1 Å². The summed E-state index contributed by atoms with van der Waals surface area (Å²) in [6.07, 6.45) is 8.42. The monoisotopic (exact) mass is 358 g/mol. The molecule has 6 heteroatoms. The van der Waals surface area contributed by atoms with Gasteiger partial charge >= 0.3 is 0 Å². The predicted molar refractivity (Wildman–Crippen MR) is 102 cm³/mol. The van der Waals surface area contributed by atoms with Crippen molar-refractivity contribution in [2.75, 3.05) is 0 Å². The lowest BCUT2D eigenvalue weighted by Crippen LogP contribution is -2.37. The Morgan fingerprint density at radius 2 is 1.84 bits per heavy atom. The van der Waals surface area contributed by atoms with E-state index in [-0.39, 0.29) is 18.5 Å². The lowest BCUT2D eigenvalue weighted by molar-refractivity contribution is -0.122. The van der Waals surface area contributed by atoms with Gasteiger partial charge in [0.25, 0.3) is 0 Å². The van der Waals surface area contributed by atoms with E-state index in [1.54, 1.807) is 4.57 Å². The van der Waals surface area contributed by atoms with Gasteiger partial charge in [0.1, 0.15) is 6.54 Å². The highest BCUT2D eigenvalue weighted by atomic mass is 32.1. The fourth-order valence-electron chi connectivity index (χ4n) is 3.40. The highest BCUT2D eigenvalue weighted by Gasteiger charge is 2.16. The number of carbonyl (C=O) groups is 1. The minimum absolute atomic E-state index is 0.0106. The van der Waals surface area contributed by atoms with Gasteiger partial charge in [-0.2, -0.15) is 5.10 Å². The van der Waals surface area contributed by atoms with E-state index in [0.29, 0.717) is 10.6 Å². The molecule has 25 heavy (non-hydrogen) atoms. The van der Waals surface area contributed by atoms with Crippen molar-refractivity contribution in [3.05, 3.63) is 34.6 Å². The summed E-state index contributed by atoms with van der Waals surface area (Å²) >= 11 is 5.33. The fourth-order valence-corrected chi connectivity index (χ4v) is 3.60. The molecule has 3 rings (SSSR count). The summed E-state index contributed by atoms with van der Waals surface area (Å²) < 4.78 is 2.25. The van der Waals surface area contributed by atoms with Gasteiger partial charge in [0.05, 0.1) is 0 Å². The number of aromatic amines is 1. The number of rotatable bonds is 4. The van der Waals surface area contributed by atoms with E-state index in [4.69, 9.17) is 12.2 Å². The molecule has 2 N–H and O–H groups in total. The first-order valence-electron chi connectivity index (χ1n) is 9.15. The number of H-pyrrole nitrogens is 1. The zero-order valence-electron chi connectivity index (χ0n) is 14.8. The molecule has 0 aliphatic heterocycles. The van der Waals surface area contributed by atoms with Crippen molar-refractivity contribution in [3.8, 4) is 11.4 Å². The Kier molecular flexibility index (Phi) is 6.02. The molecule has 0 saturated heterocycles. The van der Waals surface area contributed by atoms with Crippen molar-refractivity contribution in [2.24, 2.45) is 0 Å². The SMILES string of the molecule is Cc1ccc(-c2n[nH]c(=S)n2CC(=O)NC2CCCCCCC2)cc1. The predicted octanol–water partition coefficient (Wildman–Crippen LogP) is 4.15. The van der Waals surface area contributed by atoms with E-state index in [2.05, 4.69) is 15.5 Å². The van der Waals surface area contributed by atoms with Crippen LogP contribution >= 0.6 is 12.2 Å². The minimum atomic E-state index is 0.0106. The first kappa shape index (κ1) is 17.9. The maximum absolute atomic E-state index is 12.5. The standard InChI is InChI=1S/C19H26N4OS/c1-14-9-11-15(12-10-14)18-21-22-19(25)23(18)13-17(24)20-16-7-5-3-2-4-6-8-16/h9-12,16H,2-8,13H2,1H3,(H,20,24)(H,22,25). The second kappa shape index (κ2) is 8.43. The molecule has 134 valence electrons. The van der Waals surface area contributed by atoms with Gasteiger partial charge in [-0.05, 0) is 32.0 Å². The van der Waals surface area contributed by atoms with Gasteiger partial charge in [-0.15, -0.1) is 0 Å². The van der Waals surface area contributed by atoms with Gasteiger partial charge in [-0.25, -0.2) is 0 Å². The molecule has 0 unspecified atom stereocenters. The highest BCUT2D eigenvalue weighted by Crippen LogP contribution is 2.19. The second-order valence-corrected chi connectivity index (χ2v) is 7.30. The molecule has 1 saturated carbocycles. The summed E-state index contributed by atoms with van der Waals surface area (Å²) in [4.78, 5) is 12.5. The van der Waals surface area contributed by atoms with Gasteiger partial charge in [-0.1, -0.05) is 61.9 Å². The van der Waals surface area contributed by atoms with Gasteiger partial charge in [-0.3, -0.25) is 14.5 Å². The second-order valence-electron chi connectivity index (χ2n) is 6.91. The molecule has 5 nitrogen and oxygen atoms in total. The van der Waals surface area contributed by atoms with Crippen LogP contribution in [-0.2, 0) is 11.3 Å². The zero-order chi connectivity index (χ0) is 17.6. The van der Waals surface area contributed by atoms with Gasteiger partial charge < -0.3 is 5.32 Å². The third-order valence-electron chi connectivity index (χ3n) is 4.84. The summed E-state index contributed by atoms with van der Waals surface area (Å²) in [5, 5.41) is 10.3. The summed E-state index contributed by atoms with van der Waals surface area (Å²) in [6.45, 7) is 2.25. The molecule has 1 heterocycles. The van der Waals surface area contributed by atoms with Crippen molar-refractivity contribution >= 4 is 18.1 Å². The Labute approximate surface area is 153 Å². The molecule has 1 amide bonds. The van der Waals surface area contributed by atoms with Crippen molar-refractivity contribution in [2.45, 2.75) is 64.5 Å². The van der Waals surface area contributed by atoms with E-state index >= 15 is 0 Å². The van der Waals surface area contributed by atoms with Crippen LogP contribution in [0, 0.1) is 11.7 Å². The molecule has 0 spiro atoms. The molecule has 0 atom stereocenters. The van der Waals surface area contributed by atoms with Crippen LogP contribution in [0.5, 0.6) is 0 Å². The molecule has 0 radical (unpaired) electrons. The van der Waals surface area contributed by atoms with E-state index < -0.39 is 0 Å². The number of amides is 1.